The van der Waals surface area contributed by atoms with Crippen molar-refractivity contribution in [2.24, 2.45) is 5.10 Å². The summed E-state index contributed by atoms with van der Waals surface area (Å²) >= 11 is 1.75. The van der Waals surface area contributed by atoms with Crippen molar-refractivity contribution in [2.45, 2.75) is 39.5 Å². The van der Waals surface area contributed by atoms with Gasteiger partial charge in [0.1, 0.15) is 10.7 Å². The molecule has 3 aromatic rings. The van der Waals surface area contributed by atoms with Crippen LogP contribution in [0.4, 0.5) is 11.5 Å². The molecule has 0 saturated carbocycles. The predicted octanol–water partition coefficient (Wildman–Crippen LogP) is 4.62. The Morgan fingerprint density at radius 3 is 2.93 bits per heavy atom. The molecule has 27 heavy (non-hydrogen) atoms. The van der Waals surface area contributed by atoms with E-state index in [9.17, 15) is 10.1 Å². The van der Waals surface area contributed by atoms with E-state index in [1.165, 1.54) is 35.4 Å². The highest BCUT2D eigenvalue weighted by Crippen LogP contribution is 2.38. The summed E-state index contributed by atoms with van der Waals surface area (Å²) in [5.74, 6) is 1.41. The van der Waals surface area contributed by atoms with Crippen molar-refractivity contribution in [3.63, 3.8) is 0 Å². The molecule has 0 saturated heterocycles. The molecule has 1 aliphatic carbocycles. The van der Waals surface area contributed by atoms with Crippen molar-refractivity contribution in [3.05, 3.63) is 56.2 Å². The van der Waals surface area contributed by atoms with Crippen LogP contribution in [0.2, 0.25) is 0 Å². The van der Waals surface area contributed by atoms with Crippen molar-refractivity contribution in [3.8, 4) is 0 Å². The molecule has 0 radical (unpaired) electrons. The van der Waals surface area contributed by atoms with Gasteiger partial charge >= 0.3 is 0 Å². The quantitative estimate of drug-likeness (QED) is 0.404. The fraction of sp³-hybridized carbons (Fsp3) is 0.316. The number of nitro benzene ring substituents is 1. The van der Waals surface area contributed by atoms with Crippen LogP contribution in [0.15, 0.2) is 29.4 Å². The van der Waals surface area contributed by atoms with Crippen molar-refractivity contribution < 1.29 is 4.92 Å². The number of thiophene rings is 1. The van der Waals surface area contributed by atoms with E-state index in [4.69, 9.17) is 0 Å². The molecule has 7 nitrogen and oxygen atoms in total. The van der Waals surface area contributed by atoms with Gasteiger partial charge in [-0.3, -0.25) is 15.5 Å². The first-order valence-electron chi connectivity index (χ1n) is 8.87. The lowest BCUT2D eigenvalue weighted by molar-refractivity contribution is -0.384. The second-order valence-corrected chi connectivity index (χ2v) is 7.71. The number of non-ortho nitro benzene ring substituents is 1. The molecular weight excluding hydrogens is 362 g/mol. The lowest BCUT2D eigenvalue weighted by Crippen LogP contribution is -2.04. The smallest absolute Gasteiger partial charge is 0.260 e. The Labute approximate surface area is 160 Å². The molecule has 1 N–H and O–H groups in total. The minimum Gasteiger partial charge on any atom is -0.260 e. The van der Waals surface area contributed by atoms with Gasteiger partial charge in [-0.05, 0) is 45.1 Å². The number of aromatic nitrogens is 2. The first-order chi connectivity index (χ1) is 13.0. The number of nitrogens with one attached hydrogen (secondary N) is 1. The Bertz CT molecular complexity index is 1070. The number of hydrazone groups is 1. The predicted molar refractivity (Wildman–Crippen MR) is 108 cm³/mol. The monoisotopic (exact) mass is 381 g/mol. The molecule has 2 heterocycles. The molecule has 1 aliphatic rings. The number of benzene rings is 1. The first kappa shape index (κ1) is 17.5. The number of nitrogens with zero attached hydrogens (tertiary/aromatic N) is 4. The van der Waals surface area contributed by atoms with Crippen LogP contribution in [0.3, 0.4) is 0 Å². The largest absolute Gasteiger partial charge is 0.270 e. The van der Waals surface area contributed by atoms with Crippen LogP contribution in [0.5, 0.6) is 0 Å². The normalized spacial score (nSPS) is 14.2. The van der Waals surface area contributed by atoms with Gasteiger partial charge in [0.25, 0.3) is 5.69 Å². The molecule has 0 atom stereocenters. The number of aryl methyl sites for hydroxylation is 3. The number of fused-ring (bicyclic) bond motifs is 3. The second-order valence-electron chi connectivity index (χ2n) is 6.63. The molecule has 8 heteroatoms. The van der Waals surface area contributed by atoms with E-state index < -0.39 is 4.92 Å². The van der Waals surface area contributed by atoms with E-state index in [2.05, 4.69) is 20.5 Å². The van der Waals surface area contributed by atoms with Gasteiger partial charge in [0.2, 0.25) is 0 Å². The third-order valence-corrected chi connectivity index (χ3v) is 5.92. The molecule has 0 bridgehead atoms. The van der Waals surface area contributed by atoms with E-state index in [0.717, 1.165) is 23.1 Å². The van der Waals surface area contributed by atoms with Crippen LogP contribution >= 0.6 is 11.3 Å². The summed E-state index contributed by atoms with van der Waals surface area (Å²) in [5.41, 5.74) is 5.83. The highest BCUT2D eigenvalue weighted by Gasteiger charge is 2.20. The summed E-state index contributed by atoms with van der Waals surface area (Å²) in [7, 11) is 0. The SMILES string of the molecule is C/C(=N\Nc1nc(C)nc2sc3c(c12)CCCC3)c1cccc([N+](=O)[O-])c1. The molecule has 2 aromatic heterocycles. The molecule has 138 valence electrons. The van der Waals surface area contributed by atoms with Crippen LogP contribution in [0.1, 0.15) is 41.6 Å². The third-order valence-electron chi connectivity index (χ3n) is 4.73. The van der Waals surface area contributed by atoms with Gasteiger partial charge in [0, 0.05) is 22.6 Å². The van der Waals surface area contributed by atoms with Crippen LogP contribution in [0, 0.1) is 17.0 Å². The average Bonchev–Trinajstić information content (AvgIpc) is 3.04. The van der Waals surface area contributed by atoms with Gasteiger partial charge in [-0.1, -0.05) is 12.1 Å². The maximum absolute atomic E-state index is 11.0. The number of anilines is 1. The minimum absolute atomic E-state index is 0.0502. The van der Waals surface area contributed by atoms with Crippen molar-refractivity contribution in [1.29, 1.82) is 0 Å². The van der Waals surface area contributed by atoms with Crippen molar-refractivity contribution in [1.82, 2.24) is 9.97 Å². The Balaban J connectivity index is 1.71. The Morgan fingerprint density at radius 2 is 2.11 bits per heavy atom. The zero-order valence-electron chi connectivity index (χ0n) is 15.2. The minimum atomic E-state index is -0.404. The van der Waals surface area contributed by atoms with E-state index in [1.807, 2.05) is 13.8 Å². The van der Waals surface area contributed by atoms with Crippen molar-refractivity contribution in [2.75, 3.05) is 5.43 Å². The number of nitro groups is 1. The molecular formula is C19H19N5O2S. The van der Waals surface area contributed by atoms with E-state index in [-0.39, 0.29) is 5.69 Å². The summed E-state index contributed by atoms with van der Waals surface area (Å²) in [4.78, 5) is 22.1. The molecule has 4 rings (SSSR count). The van der Waals surface area contributed by atoms with Crippen molar-refractivity contribution >= 4 is 38.8 Å². The number of rotatable bonds is 4. The van der Waals surface area contributed by atoms with Crippen LogP contribution in [-0.4, -0.2) is 20.6 Å². The lowest BCUT2D eigenvalue weighted by Gasteiger charge is -2.12. The molecule has 0 unspecified atom stereocenters. The van der Waals surface area contributed by atoms with Gasteiger partial charge in [-0.2, -0.15) is 5.10 Å². The van der Waals surface area contributed by atoms with Gasteiger partial charge in [0.05, 0.1) is 16.0 Å². The fourth-order valence-corrected chi connectivity index (χ4v) is 4.70. The molecule has 1 aromatic carbocycles. The van der Waals surface area contributed by atoms with E-state index >= 15 is 0 Å². The Kier molecular flexibility index (Phi) is 4.57. The topological polar surface area (TPSA) is 93.3 Å². The molecule has 0 aliphatic heterocycles. The summed E-state index contributed by atoms with van der Waals surface area (Å²) in [6, 6.07) is 6.46. The third kappa shape index (κ3) is 3.40. The highest BCUT2D eigenvalue weighted by molar-refractivity contribution is 7.19. The molecule has 0 amide bonds. The lowest BCUT2D eigenvalue weighted by atomic mass is 9.97. The maximum Gasteiger partial charge on any atom is 0.270 e. The first-order valence-corrected chi connectivity index (χ1v) is 9.68. The van der Waals surface area contributed by atoms with Gasteiger partial charge in [-0.25, -0.2) is 9.97 Å². The summed E-state index contributed by atoms with van der Waals surface area (Å²) in [6.45, 7) is 3.70. The van der Waals surface area contributed by atoms with Crippen LogP contribution in [0.25, 0.3) is 10.2 Å². The average molecular weight is 381 g/mol. The highest BCUT2D eigenvalue weighted by atomic mass is 32.1. The molecule has 0 spiro atoms. The summed E-state index contributed by atoms with van der Waals surface area (Å²) < 4.78 is 0. The zero-order valence-corrected chi connectivity index (χ0v) is 16.0. The Hall–Kier alpha value is -2.87. The standard InChI is InChI=1S/C19H19N5O2S/c1-11(13-6-5-7-14(10-13)24(25)26)22-23-18-17-15-8-3-4-9-16(15)27-19(17)21-12(2)20-18/h5-7,10H,3-4,8-9H2,1-2H3,(H,20,21,23)/b22-11+. The fourth-order valence-electron chi connectivity index (χ4n) is 3.39. The molecule has 0 fully saturated rings. The van der Waals surface area contributed by atoms with Crippen LogP contribution < -0.4 is 5.43 Å². The maximum atomic E-state index is 11.0. The number of hydrogen-bond acceptors (Lipinski definition) is 7. The summed E-state index contributed by atoms with van der Waals surface area (Å²) in [5, 5.41) is 16.5. The van der Waals surface area contributed by atoms with Gasteiger partial charge in [-0.15, -0.1) is 11.3 Å². The van der Waals surface area contributed by atoms with E-state index in [1.54, 1.807) is 23.5 Å². The number of hydrogen-bond donors (Lipinski definition) is 1. The zero-order chi connectivity index (χ0) is 19.0. The second kappa shape index (κ2) is 7.03. The van der Waals surface area contributed by atoms with E-state index in [0.29, 0.717) is 22.9 Å². The van der Waals surface area contributed by atoms with Crippen LogP contribution in [-0.2, 0) is 12.8 Å². The Morgan fingerprint density at radius 1 is 1.30 bits per heavy atom. The summed E-state index contributed by atoms with van der Waals surface area (Å²) in [6.07, 6.45) is 4.55. The van der Waals surface area contributed by atoms with Gasteiger partial charge < -0.3 is 0 Å². The van der Waals surface area contributed by atoms with Gasteiger partial charge in [0.15, 0.2) is 5.82 Å².